The van der Waals surface area contributed by atoms with Crippen molar-refractivity contribution in [2.24, 2.45) is 0 Å². The molecule has 1 atom stereocenters. The van der Waals surface area contributed by atoms with Gasteiger partial charge < -0.3 is 4.74 Å². The van der Waals surface area contributed by atoms with Crippen molar-refractivity contribution in [2.75, 3.05) is 0 Å². The zero-order valence-corrected chi connectivity index (χ0v) is 17.0. The Morgan fingerprint density at radius 2 is 1.08 bits per heavy atom. The molecule has 0 aliphatic heterocycles. The first-order chi connectivity index (χ1) is 12.3. The van der Waals surface area contributed by atoms with Gasteiger partial charge in [-0.1, -0.05) is 109 Å². The third kappa shape index (κ3) is 13.9. The van der Waals surface area contributed by atoms with Crippen molar-refractivity contribution in [3.63, 3.8) is 0 Å². The summed E-state index contributed by atoms with van der Waals surface area (Å²) < 4.78 is 5.93. The lowest BCUT2D eigenvalue weighted by Gasteiger charge is -2.14. The average molecular weight is 347 g/mol. The molecular weight excluding hydrogens is 304 g/mol. The number of benzene rings is 1. The molecule has 0 saturated heterocycles. The van der Waals surface area contributed by atoms with Crippen molar-refractivity contribution in [3.05, 3.63) is 30.3 Å². The molecule has 1 rings (SSSR count). The molecule has 0 aliphatic rings. The van der Waals surface area contributed by atoms with Crippen LogP contribution in [0.25, 0.3) is 0 Å². The summed E-state index contributed by atoms with van der Waals surface area (Å²) in [5.74, 6) is 1.00. The lowest BCUT2D eigenvalue weighted by Crippen LogP contribution is -2.11. The van der Waals surface area contributed by atoms with Gasteiger partial charge in [-0.15, -0.1) is 0 Å². The van der Waals surface area contributed by atoms with Crippen LogP contribution in [-0.2, 0) is 0 Å². The van der Waals surface area contributed by atoms with Crippen LogP contribution in [0.15, 0.2) is 30.3 Å². The van der Waals surface area contributed by atoms with E-state index in [1.807, 2.05) is 30.3 Å². The molecule has 144 valence electrons. The molecule has 0 saturated carbocycles. The van der Waals surface area contributed by atoms with Crippen molar-refractivity contribution < 1.29 is 4.74 Å². The lowest BCUT2D eigenvalue weighted by atomic mass is 10.0. The average Bonchev–Trinajstić information content (AvgIpc) is 2.63. The summed E-state index contributed by atoms with van der Waals surface area (Å²) in [7, 11) is 0. The van der Waals surface area contributed by atoms with Crippen molar-refractivity contribution in [1.29, 1.82) is 0 Å². The Bertz CT molecular complexity index is 373. The fourth-order valence-electron chi connectivity index (χ4n) is 3.42. The summed E-state index contributed by atoms with van der Waals surface area (Å²) in [5.41, 5.74) is 0. The highest BCUT2D eigenvalue weighted by atomic mass is 16.5. The zero-order valence-electron chi connectivity index (χ0n) is 17.0. The third-order valence-electron chi connectivity index (χ3n) is 5.04. The van der Waals surface area contributed by atoms with E-state index in [-0.39, 0.29) is 0 Å². The molecule has 0 aliphatic carbocycles. The van der Waals surface area contributed by atoms with Crippen LogP contribution >= 0.6 is 0 Å². The topological polar surface area (TPSA) is 9.23 Å². The fraction of sp³-hybridized carbons (Fsp3) is 0.750. The molecule has 0 amide bonds. The maximum Gasteiger partial charge on any atom is 0.119 e. The highest BCUT2D eigenvalue weighted by molar-refractivity contribution is 5.21. The van der Waals surface area contributed by atoms with Gasteiger partial charge in [-0.05, 0) is 31.9 Å². The summed E-state index contributed by atoms with van der Waals surface area (Å²) >= 11 is 0. The van der Waals surface area contributed by atoms with Crippen molar-refractivity contribution in [2.45, 2.75) is 116 Å². The second kappa shape index (κ2) is 16.5. The molecule has 25 heavy (non-hydrogen) atoms. The normalized spacial score (nSPS) is 12.2. The first-order valence-corrected chi connectivity index (χ1v) is 11.0. The smallest absolute Gasteiger partial charge is 0.119 e. The van der Waals surface area contributed by atoms with E-state index in [4.69, 9.17) is 4.74 Å². The molecule has 1 aromatic carbocycles. The molecule has 1 unspecified atom stereocenters. The summed E-state index contributed by atoms with van der Waals surface area (Å²) in [4.78, 5) is 0. The van der Waals surface area contributed by atoms with Crippen LogP contribution in [0.5, 0.6) is 5.75 Å². The SMILES string of the molecule is CCCCCCCCCCCCCCCCC(C)Oc1ccccc1. The number of hydrogen-bond acceptors (Lipinski definition) is 1. The minimum atomic E-state index is 0.333. The Morgan fingerprint density at radius 1 is 0.640 bits per heavy atom. The molecule has 0 fully saturated rings. The molecule has 1 nitrogen and oxygen atoms in total. The van der Waals surface area contributed by atoms with E-state index in [0.717, 1.165) is 5.75 Å². The Hall–Kier alpha value is -0.980. The van der Waals surface area contributed by atoms with Crippen molar-refractivity contribution in [3.8, 4) is 5.75 Å². The van der Waals surface area contributed by atoms with Gasteiger partial charge in [0.1, 0.15) is 5.75 Å². The molecular formula is C24H42O. The largest absolute Gasteiger partial charge is 0.491 e. The zero-order chi connectivity index (χ0) is 18.0. The van der Waals surface area contributed by atoms with Crippen molar-refractivity contribution >= 4 is 0 Å². The van der Waals surface area contributed by atoms with Gasteiger partial charge >= 0.3 is 0 Å². The standard InChI is InChI=1S/C24H42O/c1-3-4-5-6-7-8-9-10-11-12-13-14-15-17-20-23(2)25-24-21-18-16-19-22-24/h16,18-19,21-23H,3-15,17,20H2,1-2H3. The van der Waals surface area contributed by atoms with Crippen LogP contribution in [0.4, 0.5) is 0 Å². The molecule has 1 aromatic rings. The van der Waals surface area contributed by atoms with Gasteiger partial charge in [0.05, 0.1) is 6.10 Å². The van der Waals surface area contributed by atoms with Crippen molar-refractivity contribution in [1.82, 2.24) is 0 Å². The number of ether oxygens (including phenoxy) is 1. The van der Waals surface area contributed by atoms with Gasteiger partial charge in [-0.25, -0.2) is 0 Å². The fourth-order valence-corrected chi connectivity index (χ4v) is 3.42. The lowest BCUT2D eigenvalue weighted by molar-refractivity contribution is 0.206. The number of rotatable bonds is 17. The maximum absolute atomic E-state index is 5.93. The van der Waals surface area contributed by atoms with Gasteiger partial charge in [-0.2, -0.15) is 0 Å². The van der Waals surface area contributed by atoms with Crippen LogP contribution in [0.1, 0.15) is 110 Å². The molecule has 0 aromatic heterocycles. The second-order valence-electron chi connectivity index (χ2n) is 7.63. The van der Waals surface area contributed by atoms with Gasteiger partial charge in [0.25, 0.3) is 0 Å². The van der Waals surface area contributed by atoms with Crippen LogP contribution < -0.4 is 4.74 Å². The predicted molar refractivity (Wildman–Crippen MR) is 111 cm³/mol. The van der Waals surface area contributed by atoms with E-state index in [9.17, 15) is 0 Å². The Labute approximate surface area is 157 Å². The van der Waals surface area contributed by atoms with Crippen LogP contribution in [-0.4, -0.2) is 6.10 Å². The van der Waals surface area contributed by atoms with E-state index in [0.29, 0.717) is 6.10 Å². The minimum Gasteiger partial charge on any atom is -0.491 e. The van der Waals surface area contributed by atoms with Gasteiger partial charge in [-0.3, -0.25) is 0 Å². The first-order valence-electron chi connectivity index (χ1n) is 11.0. The molecule has 0 N–H and O–H groups in total. The Morgan fingerprint density at radius 3 is 1.56 bits per heavy atom. The molecule has 0 spiro atoms. The Kier molecular flexibility index (Phi) is 14.5. The van der Waals surface area contributed by atoms with E-state index < -0.39 is 0 Å². The minimum absolute atomic E-state index is 0.333. The van der Waals surface area contributed by atoms with Crippen LogP contribution in [0.3, 0.4) is 0 Å². The Balaban J connectivity index is 1.78. The van der Waals surface area contributed by atoms with Gasteiger partial charge in [0.2, 0.25) is 0 Å². The van der Waals surface area contributed by atoms with Crippen LogP contribution in [0, 0.1) is 0 Å². The monoisotopic (exact) mass is 346 g/mol. The van der Waals surface area contributed by atoms with E-state index in [1.165, 1.54) is 96.3 Å². The quantitative estimate of drug-likeness (QED) is 0.258. The number of para-hydroxylation sites is 1. The van der Waals surface area contributed by atoms with E-state index in [1.54, 1.807) is 0 Å². The summed E-state index contributed by atoms with van der Waals surface area (Å²) in [6.07, 6.45) is 21.4. The van der Waals surface area contributed by atoms with Crippen LogP contribution in [0.2, 0.25) is 0 Å². The summed E-state index contributed by atoms with van der Waals surface area (Å²) in [6.45, 7) is 4.48. The third-order valence-corrected chi connectivity index (χ3v) is 5.04. The highest BCUT2D eigenvalue weighted by Gasteiger charge is 2.03. The number of unbranched alkanes of at least 4 members (excludes halogenated alkanes) is 13. The molecule has 0 bridgehead atoms. The molecule has 1 heteroatoms. The highest BCUT2D eigenvalue weighted by Crippen LogP contribution is 2.16. The summed E-state index contributed by atoms with van der Waals surface area (Å²) in [6, 6.07) is 10.2. The second-order valence-corrected chi connectivity index (χ2v) is 7.63. The number of hydrogen-bond donors (Lipinski definition) is 0. The summed E-state index contributed by atoms with van der Waals surface area (Å²) in [5, 5.41) is 0. The first kappa shape index (κ1) is 22.1. The van der Waals surface area contributed by atoms with E-state index in [2.05, 4.69) is 13.8 Å². The molecule has 0 radical (unpaired) electrons. The van der Waals surface area contributed by atoms with Gasteiger partial charge in [0, 0.05) is 0 Å². The predicted octanol–water partition coefficient (Wildman–Crippen LogP) is 8.33. The molecule has 0 heterocycles. The maximum atomic E-state index is 5.93. The van der Waals surface area contributed by atoms with E-state index >= 15 is 0 Å². The van der Waals surface area contributed by atoms with Gasteiger partial charge in [0.15, 0.2) is 0 Å².